The topological polar surface area (TPSA) is 84.9 Å². The van der Waals surface area contributed by atoms with Crippen molar-refractivity contribution in [3.8, 4) is 5.75 Å². The fourth-order valence-electron chi connectivity index (χ4n) is 4.16. The van der Waals surface area contributed by atoms with Crippen molar-refractivity contribution in [2.75, 3.05) is 13.4 Å². The summed E-state index contributed by atoms with van der Waals surface area (Å²) < 4.78 is 10.9. The lowest BCUT2D eigenvalue weighted by Crippen LogP contribution is -2.70. The van der Waals surface area contributed by atoms with E-state index in [1.807, 2.05) is 66.9 Å². The average Bonchev–Trinajstić information content (AvgIpc) is 2.92. The molecule has 0 aromatic heterocycles. The van der Waals surface area contributed by atoms with Crippen LogP contribution in [0.3, 0.4) is 0 Å². The Morgan fingerprint density at radius 1 is 0.944 bits per heavy atom. The molecule has 7 nitrogen and oxygen atoms in total. The number of β-lactam (4-membered cyclic amide) rings is 1. The fourth-order valence-corrected chi connectivity index (χ4v) is 5.07. The van der Waals surface area contributed by atoms with E-state index in [0.29, 0.717) is 17.9 Å². The smallest absolute Gasteiger partial charge is 0.333 e. The van der Waals surface area contributed by atoms with Crippen LogP contribution in [-0.4, -0.2) is 47.5 Å². The van der Waals surface area contributed by atoms with Crippen LogP contribution in [-0.2, 0) is 32.1 Å². The second kappa shape index (κ2) is 11.8. The highest BCUT2D eigenvalue weighted by molar-refractivity contribution is 7.99. The summed E-state index contributed by atoms with van der Waals surface area (Å²) in [5, 5.41) is 2.42. The normalized spacial score (nSPS) is 17.6. The molecule has 36 heavy (non-hydrogen) atoms. The summed E-state index contributed by atoms with van der Waals surface area (Å²) >= 11 is 1.40. The van der Waals surface area contributed by atoms with E-state index in [-0.39, 0.29) is 18.2 Å². The summed E-state index contributed by atoms with van der Waals surface area (Å²) in [6, 6.07) is 24.6. The molecule has 0 bridgehead atoms. The molecule has 186 valence electrons. The van der Waals surface area contributed by atoms with Crippen LogP contribution in [0.2, 0.25) is 0 Å². The number of esters is 1. The monoisotopic (exact) mass is 504 g/mol. The van der Waals surface area contributed by atoms with Gasteiger partial charge in [0.05, 0.1) is 13.5 Å². The van der Waals surface area contributed by atoms with Crippen molar-refractivity contribution in [2.24, 2.45) is 0 Å². The minimum Gasteiger partial charge on any atom is -0.489 e. The van der Waals surface area contributed by atoms with Crippen molar-refractivity contribution < 1.29 is 23.9 Å². The predicted octanol–water partition coefficient (Wildman–Crippen LogP) is 3.74. The molecule has 1 aliphatic heterocycles. The number of carbonyl (C=O) groups excluding carboxylic acids is 3. The number of likely N-dealkylation sites (tertiary alicyclic amines) is 1. The second-order valence-corrected chi connectivity index (χ2v) is 9.30. The van der Waals surface area contributed by atoms with Crippen LogP contribution in [0.1, 0.15) is 22.7 Å². The van der Waals surface area contributed by atoms with E-state index in [9.17, 15) is 14.4 Å². The number of rotatable bonds is 10. The van der Waals surface area contributed by atoms with Crippen LogP contribution in [0.25, 0.3) is 0 Å². The van der Waals surface area contributed by atoms with Crippen LogP contribution in [0.5, 0.6) is 5.75 Å². The molecule has 0 aliphatic carbocycles. The zero-order valence-electron chi connectivity index (χ0n) is 20.1. The first-order chi connectivity index (χ1) is 17.5. The lowest BCUT2D eigenvalue weighted by molar-refractivity contribution is -0.163. The van der Waals surface area contributed by atoms with Gasteiger partial charge < -0.3 is 19.7 Å². The summed E-state index contributed by atoms with van der Waals surface area (Å²) in [7, 11) is 1.30. The molecule has 0 radical (unpaired) electrons. The first-order valence-corrected chi connectivity index (χ1v) is 12.8. The Kier molecular flexibility index (Phi) is 8.28. The SMILES string of the molecule is COC(=O)C(c1ccc(OCc2ccccc2)cc1)N1C(=O)C(NC(=O)Cc2ccccc2)C1SC. The molecule has 3 aromatic carbocycles. The lowest BCUT2D eigenvalue weighted by atomic mass is 9.97. The van der Waals surface area contributed by atoms with Crippen LogP contribution in [0.15, 0.2) is 84.9 Å². The molecule has 1 saturated heterocycles. The van der Waals surface area contributed by atoms with Gasteiger partial charge in [0.2, 0.25) is 11.8 Å². The highest BCUT2D eigenvalue weighted by Gasteiger charge is 2.53. The number of ether oxygens (including phenoxy) is 2. The number of methoxy groups -OCH3 is 1. The maximum atomic E-state index is 13.1. The van der Waals surface area contributed by atoms with Crippen molar-refractivity contribution in [1.82, 2.24) is 10.2 Å². The third kappa shape index (κ3) is 5.71. The number of nitrogens with one attached hydrogen (secondary N) is 1. The average molecular weight is 505 g/mol. The Hall–Kier alpha value is -3.78. The number of hydrogen-bond donors (Lipinski definition) is 1. The summed E-state index contributed by atoms with van der Waals surface area (Å²) in [5.41, 5.74) is 2.51. The van der Waals surface area contributed by atoms with Crippen molar-refractivity contribution in [2.45, 2.75) is 30.5 Å². The third-order valence-corrected chi connectivity index (χ3v) is 6.97. The van der Waals surface area contributed by atoms with Crippen molar-refractivity contribution in [3.05, 3.63) is 102 Å². The molecule has 1 N–H and O–H groups in total. The zero-order valence-corrected chi connectivity index (χ0v) is 20.9. The number of amides is 2. The summed E-state index contributed by atoms with van der Waals surface area (Å²) in [5.74, 6) is -0.466. The molecule has 0 spiro atoms. The maximum Gasteiger partial charge on any atom is 0.333 e. The van der Waals surface area contributed by atoms with Gasteiger partial charge in [0.1, 0.15) is 23.8 Å². The van der Waals surface area contributed by atoms with Crippen LogP contribution < -0.4 is 10.1 Å². The Labute approximate surface area is 214 Å². The predicted molar refractivity (Wildman–Crippen MR) is 138 cm³/mol. The van der Waals surface area contributed by atoms with E-state index < -0.39 is 23.4 Å². The quantitative estimate of drug-likeness (QED) is 0.335. The molecule has 1 fully saturated rings. The van der Waals surface area contributed by atoms with Gasteiger partial charge in [-0.3, -0.25) is 9.59 Å². The highest BCUT2D eigenvalue weighted by atomic mass is 32.2. The molecule has 8 heteroatoms. The minimum absolute atomic E-state index is 0.177. The van der Waals surface area contributed by atoms with Gasteiger partial charge in [-0.25, -0.2) is 4.79 Å². The molecule has 1 aliphatic rings. The largest absolute Gasteiger partial charge is 0.489 e. The van der Waals surface area contributed by atoms with Crippen molar-refractivity contribution in [1.29, 1.82) is 0 Å². The van der Waals surface area contributed by atoms with Crippen LogP contribution in [0, 0.1) is 0 Å². The number of carbonyl (C=O) groups is 3. The van der Waals surface area contributed by atoms with Crippen molar-refractivity contribution in [3.63, 3.8) is 0 Å². The van der Waals surface area contributed by atoms with Gasteiger partial charge in [-0.1, -0.05) is 72.8 Å². The van der Waals surface area contributed by atoms with E-state index >= 15 is 0 Å². The van der Waals surface area contributed by atoms with Crippen LogP contribution >= 0.6 is 11.8 Å². The van der Waals surface area contributed by atoms with E-state index in [0.717, 1.165) is 11.1 Å². The third-order valence-electron chi connectivity index (χ3n) is 5.99. The summed E-state index contributed by atoms with van der Waals surface area (Å²) in [6.07, 6.45) is 2.02. The number of nitrogens with zero attached hydrogens (tertiary/aromatic N) is 1. The van der Waals surface area contributed by atoms with Gasteiger partial charge in [-0.05, 0) is 35.1 Å². The van der Waals surface area contributed by atoms with E-state index in [2.05, 4.69) is 5.32 Å². The molecule has 3 atom stereocenters. The summed E-state index contributed by atoms with van der Waals surface area (Å²) in [6.45, 7) is 0.421. The number of hydrogen-bond acceptors (Lipinski definition) is 6. The first kappa shape index (κ1) is 25.3. The Morgan fingerprint density at radius 2 is 1.56 bits per heavy atom. The molecule has 0 saturated carbocycles. The Morgan fingerprint density at radius 3 is 2.14 bits per heavy atom. The van der Waals surface area contributed by atoms with Gasteiger partial charge in [0.15, 0.2) is 6.04 Å². The first-order valence-electron chi connectivity index (χ1n) is 11.5. The molecule has 1 heterocycles. The Bertz CT molecular complexity index is 1190. The van der Waals surface area contributed by atoms with E-state index in [1.54, 1.807) is 24.3 Å². The van der Waals surface area contributed by atoms with Crippen molar-refractivity contribution >= 4 is 29.5 Å². The lowest BCUT2D eigenvalue weighted by Gasteiger charge is -2.49. The van der Waals surface area contributed by atoms with Gasteiger partial charge in [0, 0.05) is 0 Å². The van der Waals surface area contributed by atoms with E-state index in [4.69, 9.17) is 9.47 Å². The summed E-state index contributed by atoms with van der Waals surface area (Å²) in [4.78, 5) is 40.0. The van der Waals surface area contributed by atoms with Gasteiger partial charge in [-0.15, -0.1) is 11.8 Å². The van der Waals surface area contributed by atoms with Crippen LogP contribution in [0.4, 0.5) is 0 Å². The molecular formula is C28H28N2O5S. The number of thioether (sulfide) groups is 1. The van der Waals surface area contributed by atoms with Gasteiger partial charge >= 0.3 is 5.97 Å². The zero-order chi connectivity index (χ0) is 25.5. The number of benzene rings is 3. The second-order valence-electron chi connectivity index (χ2n) is 8.35. The van der Waals surface area contributed by atoms with Gasteiger partial charge in [0.25, 0.3) is 0 Å². The fraction of sp³-hybridized carbons (Fsp3) is 0.250. The Balaban J connectivity index is 1.45. The minimum atomic E-state index is -0.926. The highest BCUT2D eigenvalue weighted by Crippen LogP contribution is 2.38. The van der Waals surface area contributed by atoms with E-state index in [1.165, 1.54) is 23.8 Å². The molecule has 2 amide bonds. The molecule has 3 unspecified atom stereocenters. The molecule has 3 aromatic rings. The molecule has 4 rings (SSSR count). The standard InChI is InChI=1S/C28H28N2O5S/c1-34-28(33)25(21-13-15-22(16-14-21)35-18-20-11-7-4-8-12-20)30-26(32)24(27(30)36-2)29-23(31)17-19-9-5-3-6-10-19/h3-16,24-25,27H,17-18H2,1-2H3,(H,29,31). The molecular weight excluding hydrogens is 476 g/mol. The maximum absolute atomic E-state index is 13.1. The van der Waals surface area contributed by atoms with Gasteiger partial charge in [-0.2, -0.15) is 0 Å².